The average Bonchev–Trinajstić information content (AvgIpc) is 2.77. The SMILES string of the molecule is COc1ccc(COc2cccnc2C(=O)C(C(=O)O)c2ccccc2C(F)(F)F)cc1. The first-order chi connectivity index (χ1) is 15.2. The van der Waals surface area contributed by atoms with Gasteiger partial charge in [-0.05, 0) is 41.5 Å². The van der Waals surface area contributed by atoms with Gasteiger partial charge in [-0.3, -0.25) is 9.59 Å². The number of aliphatic carboxylic acids is 1. The quantitative estimate of drug-likeness (QED) is 0.398. The van der Waals surface area contributed by atoms with E-state index in [9.17, 15) is 27.9 Å². The Bertz CT molecular complexity index is 1110. The number of ether oxygens (including phenoxy) is 2. The lowest BCUT2D eigenvalue weighted by atomic mass is 9.88. The lowest BCUT2D eigenvalue weighted by Gasteiger charge is -2.18. The summed E-state index contributed by atoms with van der Waals surface area (Å²) in [6.45, 7) is 0.0207. The summed E-state index contributed by atoms with van der Waals surface area (Å²) in [6, 6.07) is 13.8. The number of carboxylic acid groups (broad SMARTS) is 1. The number of pyridine rings is 1. The number of aromatic nitrogens is 1. The molecular weight excluding hydrogens is 427 g/mol. The van der Waals surface area contributed by atoms with Gasteiger partial charge in [0.1, 0.15) is 29.7 Å². The maximum Gasteiger partial charge on any atom is 0.416 e. The Balaban J connectivity index is 1.93. The molecule has 1 heterocycles. The van der Waals surface area contributed by atoms with Crippen molar-refractivity contribution in [2.24, 2.45) is 0 Å². The summed E-state index contributed by atoms with van der Waals surface area (Å²) in [5, 5.41) is 9.63. The zero-order valence-electron chi connectivity index (χ0n) is 16.8. The summed E-state index contributed by atoms with van der Waals surface area (Å²) < 4.78 is 51.0. The van der Waals surface area contributed by atoms with Gasteiger partial charge in [0.05, 0.1) is 12.7 Å². The van der Waals surface area contributed by atoms with Crippen molar-refractivity contribution >= 4 is 11.8 Å². The summed E-state index contributed by atoms with van der Waals surface area (Å²) in [5.74, 6) is -4.34. The van der Waals surface area contributed by atoms with Crippen molar-refractivity contribution in [1.82, 2.24) is 4.98 Å². The fraction of sp³-hybridized carbons (Fsp3) is 0.174. The first-order valence-electron chi connectivity index (χ1n) is 9.36. The van der Waals surface area contributed by atoms with E-state index in [1.54, 1.807) is 24.3 Å². The second kappa shape index (κ2) is 9.51. The summed E-state index contributed by atoms with van der Waals surface area (Å²) in [4.78, 5) is 28.9. The van der Waals surface area contributed by atoms with Gasteiger partial charge in [0, 0.05) is 6.20 Å². The molecule has 166 valence electrons. The second-order valence-electron chi connectivity index (χ2n) is 6.71. The number of Topliss-reactive ketones (excluding diaryl/α,β-unsaturated/α-hetero) is 1. The fourth-order valence-electron chi connectivity index (χ4n) is 3.10. The van der Waals surface area contributed by atoms with E-state index in [1.807, 2.05) is 0 Å². The molecular formula is C23H18F3NO5. The minimum Gasteiger partial charge on any atom is -0.497 e. The van der Waals surface area contributed by atoms with E-state index < -0.39 is 35.0 Å². The number of alkyl halides is 3. The van der Waals surface area contributed by atoms with Crippen LogP contribution < -0.4 is 9.47 Å². The van der Waals surface area contributed by atoms with E-state index in [0.29, 0.717) is 5.75 Å². The van der Waals surface area contributed by atoms with E-state index in [2.05, 4.69) is 4.98 Å². The Morgan fingerprint density at radius 3 is 2.34 bits per heavy atom. The number of halogens is 3. The van der Waals surface area contributed by atoms with Crippen molar-refractivity contribution in [3.05, 3.63) is 89.2 Å². The van der Waals surface area contributed by atoms with Crippen LogP contribution in [0.4, 0.5) is 13.2 Å². The van der Waals surface area contributed by atoms with Crippen LogP contribution in [0, 0.1) is 0 Å². The van der Waals surface area contributed by atoms with Crippen LogP contribution in [0.15, 0.2) is 66.9 Å². The number of hydrogen-bond donors (Lipinski definition) is 1. The van der Waals surface area contributed by atoms with Gasteiger partial charge >= 0.3 is 12.1 Å². The molecule has 0 spiro atoms. The zero-order valence-corrected chi connectivity index (χ0v) is 16.8. The largest absolute Gasteiger partial charge is 0.497 e. The normalized spacial score (nSPS) is 12.1. The Morgan fingerprint density at radius 1 is 1.03 bits per heavy atom. The highest BCUT2D eigenvalue weighted by Crippen LogP contribution is 2.37. The number of benzene rings is 2. The molecule has 0 aliphatic heterocycles. The molecule has 0 aliphatic rings. The third kappa shape index (κ3) is 5.05. The minimum absolute atomic E-state index is 0.0207. The molecule has 0 saturated carbocycles. The van der Waals surface area contributed by atoms with Crippen molar-refractivity contribution < 1.29 is 37.3 Å². The van der Waals surface area contributed by atoms with Gasteiger partial charge in [0.25, 0.3) is 0 Å². The Hall–Kier alpha value is -3.88. The molecule has 0 bridgehead atoms. The molecule has 0 amide bonds. The topological polar surface area (TPSA) is 85.7 Å². The number of carbonyl (C=O) groups excluding carboxylic acids is 1. The highest BCUT2D eigenvalue weighted by molar-refractivity contribution is 6.13. The van der Waals surface area contributed by atoms with Gasteiger partial charge < -0.3 is 14.6 Å². The smallest absolute Gasteiger partial charge is 0.416 e. The predicted molar refractivity (Wildman–Crippen MR) is 108 cm³/mol. The molecule has 1 N–H and O–H groups in total. The number of carboxylic acids is 1. The highest BCUT2D eigenvalue weighted by atomic mass is 19.4. The van der Waals surface area contributed by atoms with Gasteiger partial charge in [-0.15, -0.1) is 0 Å². The lowest BCUT2D eigenvalue weighted by Crippen LogP contribution is -2.26. The van der Waals surface area contributed by atoms with Gasteiger partial charge in [-0.2, -0.15) is 13.2 Å². The number of ketones is 1. The standard InChI is InChI=1S/C23H18F3NO5/c1-31-15-10-8-14(9-11-15)13-32-18-7-4-12-27-20(18)21(28)19(22(29)30)16-5-2-3-6-17(16)23(24,25)26/h2-12,19H,13H2,1H3,(H,29,30). The zero-order chi connectivity index (χ0) is 23.3. The van der Waals surface area contributed by atoms with Crippen LogP contribution in [0.1, 0.15) is 33.1 Å². The van der Waals surface area contributed by atoms with Gasteiger partial charge in [0.15, 0.2) is 0 Å². The third-order valence-electron chi connectivity index (χ3n) is 4.64. The third-order valence-corrected chi connectivity index (χ3v) is 4.64. The Labute approximate surface area is 181 Å². The maximum atomic E-state index is 13.4. The molecule has 6 nitrogen and oxygen atoms in total. The molecule has 32 heavy (non-hydrogen) atoms. The van der Waals surface area contributed by atoms with E-state index >= 15 is 0 Å². The first kappa shape index (κ1) is 22.8. The molecule has 3 rings (SSSR count). The number of rotatable bonds is 8. The maximum absolute atomic E-state index is 13.4. The van der Waals surface area contributed by atoms with Crippen molar-refractivity contribution in [1.29, 1.82) is 0 Å². The number of hydrogen-bond acceptors (Lipinski definition) is 5. The predicted octanol–water partition coefficient (Wildman–Crippen LogP) is 4.74. The van der Waals surface area contributed by atoms with Crippen LogP contribution in [0.3, 0.4) is 0 Å². The first-order valence-corrected chi connectivity index (χ1v) is 9.36. The average molecular weight is 445 g/mol. The Kier molecular flexibility index (Phi) is 6.77. The monoisotopic (exact) mass is 445 g/mol. The molecule has 2 aromatic carbocycles. The van der Waals surface area contributed by atoms with Crippen LogP contribution >= 0.6 is 0 Å². The van der Waals surface area contributed by atoms with Crippen molar-refractivity contribution in [2.75, 3.05) is 7.11 Å². The van der Waals surface area contributed by atoms with Crippen molar-refractivity contribution in [3.8, 4) is 11.5 Å². The fourth-order valence-corrected chi connectivity index (χ4v) is 3.10. The van der Waals surface area contributed by atoms with Crippen LogP contribution in [0.2, 0.25) is 0 Å². The summed E-state index contributed by atoms with van der Waals surface area (Å²) >= 11 is 0. The van der Waals surface area contributed by atoms with E-state index in [-0.39, 0.29) is 18.1 Å². The number of carbonyl (C=O) groups is 2. The van der Waals surface area contributed by atoms with Gasteiger partial charge in [0.2, 0.25) is 5.78 Å². The second-order valence-corrected chi connectivity index (χ2v) is 6.71. The van der Waals surface area contributed by atoms with Crippen LogP contribution in [-0.4, -0.2) is 29.0 Å². The number of methoxy groups -OCH3 is 1. The molecule has 0 aliphatic carbocycles. The highest BCUT2D eigenvalue weighted by Gasteiger charge is 2.40. The van der Waals surface area contributed by atoms with Crippen LogP contribution in [0.5, 0.6) is 11.5 Å². The molecule has 1 aromatic heterocycles. The van der Waals surface area contributed by atoms with Crippen molar-refractivity contribution in [3.63, 3.8) is 0 Å². The molecule has 0 saturated heterocycles. The van der Waals surface area contributed by atoms with E-state index in [1.165, 1.54) is 31.5 Å². The number of nitrogens with zero attached hydrogens (tertiary/aromatic N) is 1. The molecule has 1 atom stereocenters. The van der Waals surface area contributed by atoms with Gasteiger partial charge in [-0.1, -0.05) is 30.3 Å². The van der Waals surface area contributed by atoms with E-state index in [4.69, 9.17) is 9.47 Å². The Morgan fingerprint density at radius 2 is 1.72 bits per heavy atom. The molecule has 3 aromatic rings. The van der Waals surface area contributed by atoms with Crippen LogP contribution in [-0.2, 0) is 17.6 Å². The minimum atomic E-state index is -4.83. The van der Waals surface area contributed by atoms with Gasteiger partial charge in [-0.25, -0.2) is 4.98 Å². The summed E-state index contributed by atoms with van der Waals surface area (Å²) in [6.07, 6.45) is -3.59. The summed E-state index contributed by atoms with van der Waals surface area (Å²) in [7, 11) is 1.52. The summed E-state index contributed by atoms with van der Waals surface area (Å²) in [5.41, 5.74) is -1.50. The molecule has 9 heteroatoms. The molecule has 1 unspecified atom stereocenters. The van der Waals surface area contributed by atoms with Crippen LogP contribution in [0.25, 0.3) is 0 Å². The van der Waals surface area contributed by atoms with Crippen molar-refractivity contribution in [2.45, 2.75) is 18.7 Å². The molecule has 0 fully saturated rings. The molecule has 0 radical (unpaired) electrons. The lowest BCUT2D eigenvalue weighted by molar-refractivity contribution is -0.140. The van der Waals surface area contributed by atoms with E-state index in [0.717, 1.165) is 23.8 Å².